The van der Waals surface area contributed by atoms with Crippen LogP contribution in [0.15, 0.2) is 12.0 Å². The predicted octanol–water partition coefficient (Wildman–Crippen LogP) is 1.12. The number of hydrogen-bond donors (Lipinski definition) is 1. The lowest BCUT2D eigenvalue weighted by molar-refractivity contribution is -0.151. The van der Waals surface area contributed by atoms with E-state index in [1.54, 1.807) is 0 Å². The van der Waals surface area contributed by atoms with Crippen LogP contribution in [-0.4, -0.2) is 47.7 Å². The van der Waals surface area contributed by atoms with E-state index in [0.29, 0.717) is 26.2 Å². The Labute approximate surface area is 112 Å². The quantitative estimate of drug-likeness (QED) is 0.813. The van der Waals surface area contributed by atoms with Crippen molar-refractivity contribution in [3.63, 3.8) is 0 Å². The van der Waals surface area contributed by atoms with Gasteiger partial charge in [-0.3, -0.25) is 4.79 Å². The van der Waals surface area contributed by atoms with Crippen molar-refractivity contribution in [2.24, 2.45) is 0 Å². The second-order valence-electron chi connectivity index (χ2n) is 4.76. The summed E-state index contributed by atoms with van der Waals surface area (Å²) in [6.45, 7) is 1.19. The maximum Gasteiger partial charge on any atom is 0.326 e. The molecular formula is C13H19NO5. The Balaban J connectivity index is 2.13. The lowest BCUT2D eigenvalue weighted by Gasteiger charge is -2.31. The number of nitrogens with zero attached hydrogens (tertiary/aromatic N) is 1. The van der Waals surface area contributed by atoms with Crippen LogP contribution in [0.25, 0.3) is 0 Å². The third-order valence-corrected chi connectivity index (χ3v) is 3.41. The zero-order valence-corrected chi connectivity index (χ0v) is 10.8. The summed E-state index contributed by atoms with van der Waals surface area (Å²) in [6.07, 6.45) is 5.47. The van der Waals surface area contributed by atoms with Crippen LogP contribution in [0, 0.1) is 0 Å². The van der Waals surface area contributed by atoms with Crippen molar-refractivity contribution < 1.29 is 24.2 Å². The molecule has 0 saturated carbocycles. The molecular weight excluding hydrogens is 250 g/mol. The molecule has 0 bridgehead atoms. The highest BCUT2D eigenvalue weighted by molar-refractivity contribution is 5.94. The molecule has 1 saturated heterocycles. The summed E-state index contributed by atoms with van der Waals surface area (Å²) in [7, 11) is 0. The predicted molar refractivity (Wildman–Crippen MR) is 66.2 cm³/mol. The Morgan fingerprint density at radius 2 is 2.00 bits per heavy atom. The number of hydrogen-bond acceptors (Lipinski definition) is 4. The molecule has 2 rings (SSSR count). The van der Waals surface area contributed by atoms with Gasteiger partial charge >= 0.3 is 5.97 Å². The Morgan fingerprint density at radius 1 is 1.21 bits per heavy atom. The minimum atomic E-state index is -0.951. The van der Waals surface area contributed by atoms with Crippen LogP contribution in [0.5, 0.6) is 0 Å². The van der Waals surface area contributed by atoms with Crippen LogP contribution in [0.1, 0.15) is 32.1 Å². The Morgan fingerprint density at radius 3 is 2.68 bits per heavy atom. The SMILES string of the molecule is O=C(O)C1CCCCCCN1C(=O)C1=COCCO1. The van der Waals surface area contributed by atoms with Gasteiger partial charge in [0.2, 0.25) is 5.76 Å². The van der Waals surface area contributed by atoms with E-state index in [1.807, 2.05) is 0 Å². The molecule has 1 atom stereocenters. The molecule has 106 valence electrons. The first-order valence-electron chi connectivity index (χ1n) is 6.68. The maximum atomic E-state index is 12.3. The number of aliphatic carboxylic acids is 1. The highest BCUT2D eigenvalue weighted by atomic mass is 16.6. The van der Waals surface area contributed by atoms with Gasteiger partial charge in [-0.05, 0) is 12.8 Å². The van der Waals surface area contributed by atoms with Gasteiger partial charge in [-0.15, -0.1) is 0 Å². The molecule has 6 heteroatoms. The molecule has 0 aliphatic carbocycles. The van der Waals surface area contributed by atoms with Gasteiger partial charge in [0, 0.05) is 6.54 Å². The second kappa shape index (κ2) is 6.45. The maximum absolute atomic E-state index is 12.3. The third kappa shape index (κ3) is 3.39. The molecule has 0 aromatic heterocycles. The summed E-state index contributed by atoms with van der Waals surface area (Å²) in [5.41, 5.74) is 0. The molecule has 2 aliphatic heterocycles. The first-order valence-corrected chi connectivity index (χ1v) is 6.68. The van der Waals surface area contributed by atoms with Crippen molar-refractivity contribution in [2.75, 3.05) is 19.8 Å². The lowest BCUT2D eigenvalue weighted by Crippen LogP contribution is -2.47. The fourth-order valence-electron chi connectivity index (χ4n) is 2.41. The van der Waals surface area contributed by atoms with Crippen LogP contribution < -0.4 is 0 Å². The van der Waals surface area contributed by atoms with Crippen molar-refractivity contribution in [1.82, 2.24) is 4.90 Å². The monoisotopic (exact) mass is 269 g/mol. The van der Waals surface area contributed by atoms with E-state index in [2.05, 4.69) is 0 Å². The smallest absolute Gasteiger partial charge is 0.326 e. The highest BCUT2D eigenvalue weighted by Crippen LogP contribution is 2.20. The number of rotatable bonds is 2. The van der Waals surface area contributed by atoms with E-state index < -0.39 is 12.0 Å². The van der Waals surface area contributed by atoms with Crippen molar-refractivity contribution in [1.29, 1.82) is 0 Å². The molecule has 0 aromatic rings. The van der Waals surface area contributed by atoms with E-state index in [4.69, 9.17) is 9.47 Å². The summed E-state index contributed by atoms with van der Waals surface area (Å²) in [5.74, 6) is -1.22. The fourth-order valence-corrected chi connectivity index (χ4v) is 2.41. The first-order chi connectivity index (χ1) is 9.20. The number of ether oxygens (including phenoxy) is 2. The molecule has 0 radical (unpaired) electrons. The summed E-state index contributed by atoms with van der Waals surface area (Å²) < 4.78 is 10.3. The van der Waals surface area contributed by atoms with Crippen LogP contribution in [0.3, 0.4) is 0 Å². The van der Waals surface area contributed by atoms with E-state index in [1.165, 1.54) is 11.2 Å². The molecule has 1 fully saturated rings. The van der Waals surface area contributed by atoms with Gasteiger partial charge in [0.05, 0.1) is 0 Å². The van der Waals surface area contributed by atoms with Gasteiger partial charge in [0.1, 0.15) is 25.5 Å². The van der Waals surface area contributed by atoms with E-state index in [9.17, 15) is 14.7 Å². The molecule has 0 aromatic carbocycles. The van der Waals surface area contributed by atoms with E-state index >= 15 is 0 Å². The van der Waals surface area contributed by atoms with Crippen LogP contribution >= 0.6 is 0 Å². The van der Waals surface area contributed by atoms with Crippen LogP contribution in [-0.2, 0) is 19.1 Å². The van der Waals surface area contributed by atoms with Crippen molar-refractivity contribution in [2.45, 2.75) is 38.1 Å². The Hall–Kier alpha value is -1.72. The van der Waals surface area contributed by atoms with Crippen LogP contribution in [0.4, 0.5) is 0 Å². The fraction of sp³-hybridized carbons (Fsp3) is 0.692. The van der Waals surface area contributed by atoms with Crippen LogP contribution in [0.2, 0.25) is 0 Å². The number of carbonyl (C=O) groups excluding carboxylic acids is 1. The summed E-state index contributed by atoms with van der Waals surface area (Å²) >= 11 is 0. The first kappa shape index (κ1) is 13.7. The largest absolute Gasteiger partial charge is 0.494 e. The number of carbonyl (C=O) groups is 2. The standard InChI is InChI=1S/C13H19NO5/c15-12(11-9-18-7-8-19-11)14-6-4-2-1-3-5-10(14)13(16)17/h9-10H,1-8H2,(H,16,17). The molecule has 1 unspecified atom stereocenters. The molecule has 19 heavy (non-hydrogen) atoms. The normalized spacial score (nSPS) is 24.3. The average molecular weight is 269 g/mol. The number of carboxylic acid groups (broad SMARTS) is 1. The van der Waals surface area contributed by atoms with Crippen molar-refractivity contribution in [3.8, 4) is 0 Å². The Kier molecular flexibility index (Phi) is 4.65. The van der Waals surface area contributed by atoms with Gasteiger partial charge in [-0.2, -0.15) is 0 Å². The number of likely N-dealkylation sites (tertiary alicyclic amines) is 1. The topological polar surface area (TPSA) is 76.1 Å². The average Bonchev–Trinajstić information content (AvgIpc) is 2.38. The number of amides is 1. The van der Waals surface area contributed by atoms with Gasteiger partial charge in [0.15, 0.2) is 0 Å². The molecule has 6 nitrogen and oxygen atoms in total. The molecule has 2 aliphatic rings. The summed E-state index contributed by atoms with van der Waals surface area (Å²) in [6, 6.07) is -0.765. The third-order valence-electron chi connectivity index (χ3n) is 3.41. The van der Waals surface area contributed by atoms with Gasteiger partial charge < -0.3 is 19.5 Å². The minimum Gasteiger partial charge on any atom is -0.494 e. The van der Waals surface area contributed by atoms with Gasteiger partial charge in [0.25, 0.3) is 5.91 Å². The van der Waals surface area contributed by atoms with E-state index in [0.717, 1.165) is 25.7 Å². The van der Waals surface area contributed by atoms with Crippen molar-refractivity contribution >= 4 is 11.9 Å². The molecule has 1 N–H and O–H groups in total. The highest BCUT2D eigenvalue weighted by Gasteiger charge is 2.33. The van der Waals surface area contributed by atoms with Gasteiger partial charge in [-0.25, -0.2) is 4.79 Å². The summed E-state index contributed by atoms with van der Waals surface area (Å²) in [4.78, 5) is 25.1. The number of carboxylic acids is 1. The minimum absolute atomic E-state index is 0.109. The summed E-state index contributed by atoms with van der Waals surface area (Å²) in [5, 5.41) is 9.29. The molecule has 0 spiro atoms. The molecule has 2 heterocycles. The van der Waals surface area contributed by atoms with Gasteiger partial charge in [-0.1, -0.05) is 19.3 Å². The zero-order valence-electron chi connectivity index (χ0n) is 10.8. The van der Waals surface area contributed by atoms with E-state index in [-0.39, 0.29) is 11.7 Å². The molecule has 1 amide bonds. The Bertz CT molecular complexity index is 379. The lowest BCUT2D eigenvalue weighted by atomic mass is 10.0. The van der Waals surface area contributed by atoms with Crippen molar-refractivity contribution in [3.05, 3.63) is 12.0 Å². The zero-order chi connectivity index (χ0) is 13.7. The second-order valence-corrected chi connectivity index (χ2v) is 4.76.